The average Bonchev–Trinajstić information content (AvgIpc) is 2.32. The van der Waals surface area contributed by atoms with Gasteiger partial charge in [0.15, 0.2) is 11.6 Å². The molecule has 2 N–H and O–H groups in total. The maximum Gasteiger partial charge on any atom is 0.220 e. The van der Waals surface area contributed by atoms with E-state index in [2.05, 4.69) is 4.98 Å². The van der Waals surface area contributed by atoms with Crippen molar-refractivity contribution in [2.45, 2.75) is 0 Å². The van der Waals surface area contributed by atoms with Crippen LogP contribution in [0.2, 0.25) is 0 Å². The number of para-hydroxylation sites is 1. The molecule has 0 saturated heterocycles. The molecule has 0 aliphatic rings. The molecule has 3 nitrogen and oxygen atoms in total. The Morgan fingerprint density at radius 1 is 1.18 bits per heavy atom. The van der Waals surface area contributed by atoms with E-state index in [0.717, 1.165) is 0 Å². The van der Waals surface area contributed by atoms with Gasteiger partial charge in [-0.25, -0.2) is 9.37 Å². The van der Waals surface area contributed by atoms with Crippen molar-refractivity contribution in [2.75, 3.05) is 0 Å². The summed E-state index contributed by atoms with van der Waals surface area (Å²) in [5.74, 6) is -0.0875. The van der Waals surface area contributed by atoms with Crippen molar-refractivity contribution < 1.29 is 9.13 Å². The van der Waals surface area contributed by atoms with Gasteiger partial charge in [0, 0.05) is 6.07 Å². The molecule has 0 radical (unpaired) electrons. The standard InChI is InChI=1S/C12H9FN2OS/c13-8-4-1-2-6-10(8)16-11-7-3-5-9(15-11)12(14)17/h1-7H,(H2,14,17). The molecule has 0 aliphatic heterocycles. The first-order chi connectivity index (χ1) is 8.16. The van der Waals surface area contributed by atoms with Gasteiger partial charge in [0.05, 0.1) is 0 Å². The zero-order valence-electron chi connectivity index (χ0n) is 8.76. The predicted molar refractivity (Wildman–Crippen MR) is 66.6 cm³/mol. The molecule has 17 heavy (non-hydrogen) atoms. The van der Waals surface area contributed by atoms with Gasteiger partial charge in [0.25, 0.3) is 0 Å². The van der Waals surface area contributed by atoms with Crippen molar-refractivity contribution in [3.05, 3.63) is 54.0 Å². The number of thiocarbonyl (C=S) groups is 1. The summed E-state index contributed by atoms with van der Waals surface area (Å²) in [4.78, 5) is 4.22. The van der Waals surface area contributed by atoms with Crippen molar-refractivity contribution >= 4 is 17.2 Å². The highest BCUT2D eigenvalue weighted by Gasteiger charge is 2.05. The third-order valence-electron chi connectivity index (χ3n) is 2.03. The molecule has 0 unspecified atom stereocenters. The SMILES string of the molecule is NC(=S)c1cccc(Oc2ccccc2F)n1. The van der Waals surface area contributed by atoms with Crippen LogP contribution in [-0.4, -0.2) is 9.97 Å². The molecular weight excluding hydrogens is 239 g/mol. The number of halogens is 1. The highest BCUT2D eigenvalue weighted by atomic mass is 32.1. The number of nitrogens with zero attached hydrogens (tertiary/aromatic N) is 1. The van der Waals surface area contributed by atoms with Crippen LogP contribution in [0, 0.1) is 5.82 Å². The van der Waals surface area contributed by atoms with Crippen molar-refractivity contribution in [1.82, 2.24) is 4.98 Å². The molecular formula is C12H9FN2OS. The van der Waals surface area contributed by atoms with Crippen LogP contribution in [0.3, 0.4) is 0 Å². The zero-order chi connectivity index (χ0) is 12.3. The lowest BCUT2D eigenvalue weighted by molar-refractivity contribution is 0.427. The summed E-state index contributed by atoms with van der Waals surface area (Å²) in [5.41, 5.74) is 5.88. The fourth-order valence-corrected chi connectivity index (χ4v) is 1.36. The van der Waals surface area contributed by atoms with Crippen LogP contribution in [0.1, 0.15) is 5.69 Å². The minimum absolute atomic E-state index is 0.111. The first-order valence-corrected chi connectivity index (χ1v) is 5.27. The van der Waals surface area contributed by atoms with E-state index in [0.29, 0.717) is 5.69 Å². The first kappa shape index (κ1) is 11.5. The van der Waals surface area contributed by atoms with Gasteiger partial charge in [0.1, 0.15) is 10.7 Å². The summed E-state index contributed by atoms with van der Waals surface area (Å²) in [6.07, 6.45) is 0. The Morgan fingerprint density at radius 2 is 1.94 bits per heavy atom. The van der Waals surface area contributed by atoms with E-state index in [1.165, 1.54) is 12.1 Å². The van der Waals surface area contributed by atoms with Crippen LogP contribution in [0.25, 0.3) is 0 Å². The van der Waals surface area contributed by atoms with Crippen molar-refractivity contribution in [3.8, 4) is 11.6 Å². The fraction of sp³-hybridized carbons (Fsp3) is 0. The summed E-state index contributed by atoms with van der Waals surface area (Å²) < 4.78 is 18.6. The Morgan fingerprint density at radius 3 is 2.65 bits per heavy atom. The number of benzene rings is 1. The highest BCUT2D eigenvalue weighted by Crippen LogP contribution is 2.22. The third kappa shape index (κ3) is 2.76. The maximum atomic E-state index is 13.3. The molecule has 0 atom stereocenters. The van der Waals surface area contributed by atoms with Crippen LogP contribution in [0.15, 0.2) is 42.5 Å². The molecule has 2 rings (SSSR count). The first-order valence-electron chi connectivity index (χ1n) is 4.86. The van der Waals surface area contributed by atoms with E-state index in [4.69, 9.17) is 22.7 Å². The van der Waals surface area contributed by atoms with Gasteiger partial charge in [0.2, 0.25) is 5.88 Å². The largest absolute Gasteiger partial charge is 0.436 e. The predicted octanol–water partition coefficient (Wildman–Crippen LogP) is 2.65. The molecule has 0 fully saturated rings. The molecule has 5 heteroatoms. The summed E-state index contributed by atoms with van der Waals surface area (Å²) >= 11 is 4.80. The van der Waals surface area contributed by atoms with Gasteiger partial charge in [-0.15, -0.1) is 0 Å². The zero-order valence-corrected chi connectivity index (χ0v) is 9.58. The van der Waals surface area contributed by atoms with E-state index in [9.17, 15) is 4.39 Å². The third-order valence-corrected chi connectivity index (χ3v) is 2.24. The average molecular weight is 248 g/mol. The number of hydrogen-bond acceptors (Lipinski definition) is 3. The summed E-state index contributed by atoms with van der Waals surface area (Å²) in [5, 5.41) is 0. The second-order valence-corrected chi connectivity index (χ2v) is 3.70. The van der Waals surface area contributed by atoms with Crippen LogP contribution in [0.4, 0.5) is 4.39 Å². The molecule has 1 heterocycles. The van der Waals surface area contributed by atoms with E-state index in [1.54, 1.807) is 30.3 Å². The monoisotopic (exact) mass is 248 g/mol. The van der Waals surface area contributed by atoms with Gasteiger partial charge in [-0.05, 0) is 18.2 Å². The molecule has 2 aromatic rings. The van der Waals surface area contributed by atoms with Crippen molar-refractivity contribution in [1.29, 1.82) is 0 Å². The molecule has 0 amide bonds. The van der Waals surface area contributed by atoms with Crippen LogP contribution in [0.5, 0.6) is 11.6 Å². The molecule has 86 valence electrons. The Balaban J connectivity index is 2.28. The number of nitrogens with two attached hydrogens (primary N) is 1. The lowest BCUT2D eigenvalue weighted by Gasteiger charge is -2.06. The minimum atomic E-state index is -0.449. The van der Waals surface area contributed by atoms with E-state index < -0.39 is 5.82 Å². The van der Waals surface area contributed by atoms with Crippen LogP contribution < -0.4 is 10.5 Å². The number of aromatic nitrogens is 1. The molecule has 0 spiro atoms. The maximum absolute atomic E-state index is 13.3. The van der Waals surface area contributed by atoms with Gasteiger partial charge < -0.3 is 10.5 Å². The Kier molecular flexibility index (Phi) is 3.30. The Labute approximate surface area is 103 Å². The van der Waals surface area contributed by atoms with Crippen LogP contribution in [-0.2, 0) is 0 Å². The second-order valence-electron chi connectivity index (χ2n) is 3.26. The normalized spacial score (nSPS) is 9.94. The quantitative estimate of drug-likeness (QED) is 0.848. The van der Waals surface area contributed by atoms with Crippen LogP contribution >= 0.6 is 12.2 Å². The van der Waals surface area contributed by atoms with E-state index >= 15 is 0 Å². The number of pyridine rings is 1. The van der Waals surface area contributed by atoms with Gasteiger partial charge in [-0.2, -0.15) is 0 Å². The second kappa shape index (κ2) is 4.88. The number of rotatable bonds is 3. The highest BCUT2D eigenvalue weighted by molar-refractivity contribution is 7.80. The van der Waals surface area contributed by atoms with Gasteiger partial charge in [-0.3, -0.25) is 0 Å². The van der Waals surface area contributed by atoms with E-state index in [1.807, 2.05) is 0 Å². The fourth-order valence-electron chi connectivity index (χ4n) is 1.25. The smallest absolute Gasteiger partial charge is 0.220 e. The minimum Gasteiger partial charge on any atom is -0.436 e. The number of ether oxygens (including phenoxy) is 1. The molecule has 1 aromatic heterocycles. The number of hydrogen-bond donors (Lipinski definition) is 1. The summed E-state index contributed by atoms with van der Waals surface area (Å²) in [6, 6.07) is 11.1. The van der Waals surface area contributed by atoms with Crippen molar-refractivity contribution in [2.24, 2.45) is 5.73 Å². The summed E-state index contributed by atoms with van der Waals surface area (Å²) in [7, 11) is 0. The Bertz CT molecular complexity index is 560. The molecule has 0 aliphatic carbocycles. The summed E-state index contributed by atoms with van der Waals surface area (Å²) in [6.45, 7) is 0. The lowest BCUT2D eigenvalue weighted by Crippen LogP contribution is -2.11. The van der Waals surface area contributed by atoms with Gasteiger partial charge >= 0.3 is 0 Å². The van der Waals surface area contributed by atoms with E-state index in [-0.39, 0.29) is 16.6 Å². The van der Waals surface area contributed by atoms with Gasteiger partial charge in [-0.1, -0.05) is 30.4 Å². The lowest BCUT2D eigenvalue weighted by atomic mass is 10.3. The molecule has 1 aromatic carbocycles. The topological polar surface area (TPSA) is 48.1 Å². The Hall–Kier alpha value is -2.01. The van der Waals surface area contributed by atoms with Crippen molar-refractivity contribution in [3.63, 3.8) is 0 Å². The molecule has 0 saturated carbocycles. The molecule has 0 bridgehead atoms.